The van der Waals surface area contributed by atoms with Crippen molar-refractivity contribution in [3.05, 3.63) is 76.1 Å². The summed E-state index contributed by atoms with van der Waals surface area (Å²) in [5, 5.41) is 15.1. The van der Waals surface area contributed by atoms with E-state index in [1.54, 1.807) is 29.9 Å². The number of anilines is 1. The molecule has 6 rings (SSSR count). The van der Waals surface area contributed by atoms with Gasteiger partial charge in [0.1, 0.15) is 23.6 Å². The third-order valence-electron chi connectivity index (χ3n) is 7.05. The Bertz CT molecular complexity index is 1490. The Balaban J connectivity index is 1.23. The van der Waals surface area contributed by atoms with E-state index < -0.39 is 11.6 Å². The quantitative estimate of drug-likeness (QED) is 0.519. The van der Waals surface area contributed by atoms with E-state index in [0.717, 1.165) is 5.56 Å². The van der Waals surface area contributed by atoms with Gasteiger partial charge in [-0.2, -0.15) is 5.10 Å². The standard InChI is InChI=1S/C28H25ClN4O5/c1-31-21-8-7-18(9-11-28(36)16-37-17-28)13-23(21)38-15-22(26(31)34)32-12-10-20-24(27(32)35)30-33(25(20)29)14-19-5-3-2-4-6-19/h2-8,13,22,36H,10,12,14-17H2,1H3/t22-/m0/s1. The first-order valence-corrected chi connectivity index (χ1v) is 12.7. The molecule has 1 N–H and O–H groups in total. The summed E-state index contributed by atoms with van der Waals surface area (Å²) in [6.07, 6.45) is 0.488. The summed E-state index contributed by atoms with van der Waals surface area (Å²) in [7, 11) is 1.66. The molecular formula is C28H25ClN4O5. The zero-order valence-electron chi connectivity index (χ0n) is 20.7. The van der Waals surface area contributed by atoms with Crippen molar-refractivity contribution in [1.29, 1.82) is 0 Å². The number of rotatable bonds is 3. The van der Waals surface area contributed by atoms with E-state index in [1.807, 2.05) is 30.3 Å². The third kappa shape index (κ3) is 4.31. The number of fused-ring (bicyclic) bond motifs is 2. The molecule has 0 spiro atoms. The van der Waals surface area contributed by atoms with Crippen molar-refractivity contribution in [1.82, 2.24) is 14.7 Å². The van der Waals surface area contributed by atoms with Crippen LogP contribution in [-0.4, -0.2) is 76.7 Å². The van der Waals surface area contributed by atoms with Gasteiger partial charge in [0, 0.05) is 24.7 Å². The molecule has 2 amide bonds. The molecule has 1 fully saturated rings. The molecule has 38 heavy (non-hydrogen) atoms. The van der Waals surface area contributed by atoms with Crippen LogP contribution in [0.5, 0.6) is 5.75 Å². The number of likely N-dealkylation sites (N-methyl/N-ethyl adjacent to an activating group) is 1. The Morgan fingerprint density at radius 2 is 1.97 bits per heavy atom. The van der Waals surface area contributed by atoms with Crippen LogP contribution < -0.4 is 9.64 Å². The first-order chi connectivity index (χ1) is 18.3. The van der Waals surface area contributed by atoms with Gasteiger partial charge in [-0.1, -0.05) is 53.8 Å². The molecule has 0 bridgehead atoms. The number of ether oxygens (including phenoxy) is 2. The van der Waals surface area contributed by atoms with Gasteiger partial charge < -0.3 is 24.4 Å². The Labute approximate surface area is 224 Å². The predicted octanol–water partition coefficient (Wildman–Crippen LogP) is 2.12. The second-order valence-electron chi connectivity index (χ2n) is 9.69. The van der Waals surface area contributed by atoms with Crippen molar-refractivity contribution in [3.8, 4) is 17.6 Å². The zero-order valence-corrected chi connectivity index (χ0v) is 21.4. The highest BCUT2D eigenvalue weighted by atomic mass is 35.5. The van der Waals surface area contributed by atoms with Crippen LogP contribution in [0.1, 0.15) is 27.2 Å². The van der Waals surface area contributed by atoms with Crippen molar-refractivity contribution < 1.29 is 24.2 Å². The van der Waals surface area contributed by atoms with Crippen molar-refractivity contribution in [2.45, 2.75) is 24.6 Å². The zero-order chi connectivity index (χ0) is 26.4. The summed E-state index contributed by atoms with van der Waals surface area (Å²) >= 11 is 6.61. The fourth-order valence-corrected chi connectivity index (χ4v) is 5.13. The van der Waals surface area contributed by atoms with E-state index in [2.05, 4.69) is 16.9 Å². The fourth-order valence-electron chi connectivity index (χ4n) is 4.85. The van der Waals surface area contributed by atoms with Crippen LogP contribution in [0.15, 0.2) is 48.5 Å². The van der Waals surface area contributed by atoms with Crippen LogP contribution in [0, 0.1) is 11.8 Å². The number of benzene rings is 2. The van der Waals surface area contributed by atoms with Crippen LogP contribution in [0.2, 0.25) is 5.15 Å². The van der Waals surface area contributed by atoms with Crippen LogP contribution in [0.4, 0.5) is 5.69 Å². The average molecular weight is 533 g/mol. The Hall–Kier alpha value is -3.84. The lowest BCUT2D eigenvalue weighted by atomic mass is 10.0. The van der Waals surface area contributed by atoms with E-state index in [4.69, 9.17) is 21.1 Å². The molecule has 1 saturated heterocycles. The summed E-state index contributed by atoms with van der Waals surface area (Å²) in [5.41, 5.74) is 2.07. The average Bonchev–Trinajstić information content (AvgIpc) is 3.16. The van der Waals surface area contributed by atoms with Crippen molar-refractivity contribution in [3.63, 3.8) is 0 Å². The van der Waals surface area contributed by atoms with Gasteiger partial charge in [-0.25, -0.2) is 4.68 Å². The smallest absolute Gasteiger partial charge is 0.275 e. The van der Waals surface area contributed by atoms with Crippen molar-refractivity contribution in [2.75, 3.05) is 38.3 Å². The number of nitrogens with zero attached hydrogens (tertiary/aromatic N) is 4. The number of carbonyl (C=O) groups is 2. The summed E-state index contributed by atoms with van der Waals surface area (Å²) in [6.45, 7) is 1.12. The van der Waals surface area contributed by atoms with E-state index in [9.17, 15) is 14.7 Å². The van der Waals surface area contributed by atoms with E-state index >= 15 is 0 Å². The molecule has 10 heteroatoms. The van der Waals surface area contributed by atoms with Gasteiger partial charge in [-0.15, -0.1) is 0 Å². The number of amides is 2. The Morgan fingerprint density at radius 3 is 2.71 bits per heavy atom. The molecule has 0 aliphatic carbocycles. The molecule has 4 heterocycles. The summed E-state index contributed by atoms with van der Waals surface area (Å²) in [4.78, 5) is 30.1. The van der Waals surface area contributed by atoms with Crippen LogP contribution >= 0.6 is 11.6 Å². The molecule has 1 aromatic heterocycles. The maximum Gasteiger partial charge on any atom is 0.275 e. The van der Waals surface area contributed by atoms with Gasteiger partial charge in [0.15, 0.2) is 11.3 Å². The van der Waals surface area contributed by atoms with Crippen molar-refractivity contribution >= 4 is 29.1 Å². The number of aromatic nitrogens is 2. The highest BCUT2D eigenvalue weighted by molar-refractivity contribution is 6.31. The molecule has 0 saturated carbocycles. The van der Waals surface area contributed by atoms with E-state index in [1.165, 1.54) is 9.80 Å². The monoisotopic (exact) mass is 532 g/mol. The minimum Gasteiger partial charge on any atom is -0.489 e. The molecule has 0 unspecified atom stereocenters. The van der Waals surface area contributed by atoms with Crippen LogP contribution in [-0.2, 0) is 22.5 Å². The Kier molecular flexibility index (Phi) is 6.11. The van der Waals surface area contributed by atoms with Gasteiger partial charge in [-0.3, -0.25) is 9.59 Å². The number of carbonyl (C=O) groups excluding carboxylic acids is 2. The number of hydrogen-bond donors (Lipinski definition) is 1. The van der Waals surface area contributed by atoms with Crippen LogP contribution in [0.25, 0.3) is 0 Å². The number of hydrogen-bond acceptors (Lipinski definition) is 6. The fraction of sp³-hybridized carbons (Fsp3) is 0.321. The number of halogens is 1. The molecule has 194 valence electrons. The predicted molar refractivity (Wildman–Crippen MR) is 139 cm³/mol. The van der Waals surface area contributed by atoms with Gasteiger partial charge >= 0.3 is 0 Å². The Morgan fingerprint density at radius 1 is 1.18 bits per heavy atom. The normalized spacial score (nSPS) is 19.9. The van der Waals surface area contributed by atoms with Crippen LogP contribution in [0.3, 0.4) is 0 Å². The molecule has 3 aliphatic heterocycles. The van der Waals surface area contributed by atoms with Gasteiger partial charge in [0.2, 0.25) is 0 Å². The van der Waals surface area contributed by atoms with E-state index in [0.29, 0.717) is 47.2 Å². The lowest BCUT2D eigenvalue weighted by Crippen LogP contribution is -2.54. The third-order valence-corrected chi connectivity index (χ3v) is 7.48. The number of aliphatic hydroxyl groups is 1. The first kappa shape index (κ1) is 24.5. The maximum atomic E-state index is 13.6. The first-order valence-electron chi connectivity index (χ1n) is 12.3. The molecular weight excluding hydrogens is 508 g/mol. The topological polar surface area (TPSA) is 97.1 Å². The molecule has 2 aromatic carbocycles. The largest absolute Gasteiger partial charge is 0.489 e. The molecule has 3 aromatic rings. The molecule has 1 atom stereocenters. The SMILES string of the molecule is CN1C(=O)[C@@H](N2CCc3c(nn(Cc4ccccc4)c3Cl)C2=O)COc2cc(C#CC3(O)COC3)ccc21. The minimum absolute atomic E-state index is 0.00956. The highest BCUT2D eigenvalue weighted by Gasteiger charge is 2.41. The summed E-state index contributed by atoms with van der Waals surface area (Å²) in [6, 6.07) is 14.2. The molecule has 0 radical (unpaired) electrons. The summed E-state index contributed by atoms with van der Waals surface area (Å²) in [5.74, 6) is 5.65. The maximum absolute atomic E-state index is 13.6. The minimum atomic E-state index is -1.13. The lowest BCUT2D eigenvalue weighted by molar-refractivity contribution is -0.140. The highest BCUT2D eigenvalue weighted by Crippen LogP contribution is 2.34. The second-order valence-corrected chi connectivity index (χ2v) is 10.0. The lowest BCUT2D eigenvalue weighted by Gasteiger charge is -2.33. The summed E-state index contributed by atoms with van der Waals surface area (Å²) < 4.78 is 12.7. The van der Waals surface area contributed by atoms with Crippen molar-refractivity contribution in [2.24, 2.45) is 0 Å². The van der Waals surface area contributed by atoms with Gasteiger partial charge in [0.05, 0.1) is 25.4 Å². The molecule has 9 nitrogen and oxygen atoms in total. The second kappa shape index (κ2) is 9.48. The van der Waals surface area contributed by atoms with Gasteiger partial charge in [0.25, 0.3) is 11.8 Å². The molecule has 3 aliphatic rings. The van der Waals surface area contributed by atoms with Gasteiger partial charge in [-0.05, 0) is 30.2 Å². The van der Waals surface area contributed by atoms with E-state index in [-0.39, 0.29) is 37.3 Å².